The van der Waals surface area contributed by atoms with E-state index in [1.165, 1.54) is 14.2 Å². The molecule has 0 amide bonds. The fourth-order valence-corrected chi connectivity index (χ4v) is 1.99. The summed E-state index contributed by atoms with van der Waals surface area (Å²) in [6.07, 6.45) is 3.90. The normalized spacial score (nSPS) is 22.6. The molecule has 0 spiro atoms. The zero-order chi connectivity index (χ0) is 16.0. The molecule has 0 aromatic carbocycles. The number of methoxy groups -OCH3 is 2. The summed E-state index contributed by atoms with van der Waals surface area (Å²) in [5.74, 6) is 4.68. The van der Waals surface area contributed by atoms with Crippen LogP contribution in [0.4, 0.5) is 0 Å². The molecule has 112 valence electrons. The van der Waals surface area contributed by atoms with Crippen molar-refractivity contribution >= 4 is 11.9 Å². The highest BCUT2D eigenvalue weighted by Gasteiger charge is 2.46. The maximum Gasteiger partial charge on any atom is 0.323 e. The Morgan fingerprint density at radius 1 is 1.10 bits per heavy atom. The monoisotopic (exact) mass is 288 g/mol. The van der Waals surface area contributed by atoms with Crippen molar-refractivity contribution in [3.05, 3.63) is 35.5 Å². The van der Waals surface area contributed by atoms with E-state index >= 15 is 0 Å². The van der Waals surface area contributed by atoms with Gasteiger partial charge in [0.2, 0.25) is 0 Å². The Balaban J connectivity index is 3.42. The van der Waals surface area contributed by atoms with E-state index < -0.39 is 17.4 Å². The average Bonchev–Trinajstić information content (AvgIpc) is 2.50. The number of allylic oxidation sites excluding steroid dienone is 5. The van der Waals surface area contributed by atoms with Gasteiger partial charge in [-0.1, -0.05) is 30.6 Å². The van der Waals surface area contributed by atoms with Crippen molar-refractivity contribution in [2.75, 3.05) is 14.2 Å². The molecule has 0 saturated carbocycles. The lowest BCUT2D eigenvalue weighted by Crippen LogP contribution is -2.40. The molecule has 1 rings (SSSR count). The van der Waals surface area contributed by atoms with Crippen LogP contribution in [0.15, 0.2) is 35.5 Å². The Morgan fingerprint density at radius 3 is 2.14 bits per heavy atom. The minimum Gasteiger partial charge on any atom is -0.468 e. The molecule has 0 aromatic rings. The fraction of sp³-hybridized carbons (Fsp3) is 0.412. The molecular weight excluding hydrogens is 268 g/mol. The van der Waals surface area contributed by atoms with Crippen LogP contribution in [0.5, 0.6) is 0 Å². The predicted molar refractivity (Wildman–Crippen MR) is 80.1 cm³/mol. The lowest BCUT2D eigenvalue weighted by molar-refractivity contribution is -0.168. The van der Waals surface area contributed by atoms with Crippen LogP contribution in [0.2, 0.25) is 0 Å². The molecule has 0 bridgehead atoms. The van der Waals surface area contributed by atoms with Crippen molar-refractivity contribution in [2.45, 2.75) is 26.7 Å². The second-order valence-corrected chi connectivity index (χ2v) is 4.98. The number of hydrogen-bond donors (Lipinski definition) is 0. The summed E-state index contributed by atoms with van der Waals surface area (Å²) in [4.78, 5) is 24.4. The largest absolute Gasteiger partial charge is 0.468 e. The first-order chi connectivity index (χ1) is 9.87. The molecule has 0 unspecified atom stereocenters. The van der Waals surface area contributed by atoms with Gasteiger partial charge in [-0.25, -0.2) is 0 Å². The van der Waals surface area contributed by atoms with Crippen LogP contribution in [0.25, 0.3) is 0 Å². The summed E-state index contributed by atoms with van der Waals surface area (Å²) >= 11 is 0. The van der Waals surface area contributed by atoms with Gasteiger partial charge in [0.1, 0.15) is 0 Å². The molecule has 0 saturated heterocycles. The summed E-state index contributed by atoms with van der Waals surface area (Å²) in [7, 11) is 2.52. The summed E-state index contributed by atoms with van der Waals surface area (Å²) in [5, 5.41) is 0. The molecule has 0 aliphatic heterocycles. The molecule has 0 fully saturated rings. The van der Waals surface area contributed by atoms with Crippen LogP contribution in [-0.4, -0.2) is 26.2 Å². The van der Waals surface area contributed by atoms with E-state index in [2.05, 4.69) is 18.4 Å². The standard InChI is InChI=1S/C17H20O4/c1-12-6-7-13(2)14(3)9-11-17(10-8-12,15(18)20-4)16(19)21-5/h8-9H,2,10-11H2,1,3-5H3/b12-8-,14-9-. The highest BCUT2D eigenvalue weighted by molar-refractivity contribution is 6.00. The Morgan fingerprint density at radius 2 is 1.62 bits per heavy atom. The van der Waals surface area contributed by atoms with Gasteiger partial charge >= 0.3 is 11.9 Å². The second kappa shape index (κ2) is 6.94. The number of rotatable bonds is 2. The van der Waals surface area contributed by atoms with Gasteiger partial charge in [-0.15, -0.1) is 0 Å². The van der Waals surface area contributed by atoms with Gasteiger partial charge in [0.15, 0.2) is 5.41 Å². The summed E-state index contributed by atoms with van der Waals surface area (Å²) < 4.78 is 9.65. The second-order valence-electron chi connectivity index (χ2n) is 4.98. The van der Waals surface area contributed by atoms with Gasteiger partial charge in [0.25, 0.3) is 0 Å². The van der Waals surface area contributed by atoms with Crippen LogP contribution in [0.1, 0.15) is 26.7 Å². The molecule has 4 heteroatoms. The highest BCUT2D eigenvalue weighted by Crippen LogP contribution is 2.33. The fourth-order valence-electron chi connectivity index (χ4n) is 1.99. The Kier molecular flexibility index (Phi) is 5.54. The summed E-state index contributed by atoms with van der Waals surface area (Å²) in [6.45, 7) is 7.54. The van der Waals surface area contributed by atoms with Crippen LogP contribution in [0, 0.1) is 17.3 Å². The van der Waals surface area contributed by atoms with E-state index in [0.29, 0.717) is 5.57 Å². The average molecular weight is 288 g/mol. The first kappa shape index (κ1) is 16.8. The maximum atomic E-state index is 12.2. The van der Waals surface area contributed by atoms with Gasteiger partial charge in [0.05, 0.1) is 14.2 Å². The van der Waals surface area contributed by atoms with E-state index in [-0.39, 0.29) is 12.8 Å². The molecule has 4 nitrogen and oxygen atoms in total. The first-order valence-corrected chi connectivity index (χ1v) is 6.59. The number of esters is 2. The van der Waals surface area contributed by atoms with Gasteiger partial charge in [-0.2, -0.15) is 0 Å². The third-order valence-electron chi connectivity index (χ3n) is 3.55. The number of carbonyl (C=O) groups is 2. The lowest BCUT2D eigenvalue weighted by atomic mass is 9.79. The van der Waals surface area contributed by atoms with Crippen LogP contribution in [-0.2, 0) is 19.1 Å². The zero-order valence-corrected chi connectivity index (χ0v) is 12.9. The Bertz CT molecular complexity index is 566. The molecule has 0 aromatic heterocycles. The predicted octanol–water partition coefficient (Wildman–Crippen LogP) is 2.56. The van der Waals surface area contributed by atoms with Crippen molar-refractivity contribution in [3.63, 3.8) is 0 Å². The third-order valence-corrected chi connectivity index (χ3v) is 3.55. The molecule has 0 radical (unpaired) electrons. The molecule has 0 atom stereocenters. The van der Waals surface area contributed by atoms with Crippen molar-refractivity contribution in [3.8, 4) is 11.8 Å². The topological polar surface area (TPSA) is 52.6 Å². The number of hydrogen-bond acceptors (Lipinski definition) is 4. The van der Waals surface area contributed by atoms with E-state index in [4.69, 9.17) is 9.47 Å². The van der Waals surface area contributed by atoms with E-state index in [1.807, 2.05) is 13.8 Å². The van der Waals surface area contributed by atoms with Gasteiger partial charge in [-0.3, -0.25) is 9.59 Å². The van der Waals surface area contributed by atoms with Gasteiger partial charge in [-0.05, 0) is 37.8 Å². The van der Waals surface area contributed by atoms with Crippen molar-refractivity contribution < 1.29 is 19.1 Å². The Labute approximate surface area is 125 Å². The zero-order valence-electron chi connectivity index (χ0n) is 12.9. The smallest absolute Gasteiger partial charge is 0.323 e. The third kappa shape index (κ3) is 3.63. The highest BCUT2D eigenvalue weighted by atomic mass is 16.5. The molecule has 1 aliphatic carbocycles. The van der Waals surface area contributed by atoms with Crippen LogP contribution in [0.3, 0.4) is 0 Å². The van der Waals surface area contributed by atoms with E-state index in [9.17, 15) is 9.59 Å². The Hall–Kier alpha value is -2.28. The lowest BCUT2D eigenvalue weighted by Gasteiger charge is -2.26. The summed E-state index contributed by atoms with van der Waals surface area (Å²) in [6, 6.07) is 0. The van der Waals surface area contributed by atoms with Gasteiger partial charge < -0.3 is 9.47 Å². The van der Waals surface area contributed by atoms with Crippen LogP contribution < -0.4 is 0 Å². The van der Waals surface area contributed by atoms with E-state index in [0.717, 1.165) is 11.1 Å². The quantitative estimate of drug-likeness (QED) is 0.445. The molecule has 0 heterocycles. The SMILES string of the molecule is C=C1C#C/C(C)=C\CC(C(=O)OC)(C(=O)OC)C/C=C\1C. The van der Waals surface area contributed by atoms with Gasteiger partial charge in [0, 0.05) is 5.57 Å². The maximum absolute atomic E-state index is 12.2. The summed E-state index contributed by atoms with van der Waals surface area (Å²) in [5.41, 5.74) is 0.872. The molecular formula is C17H20O4. The molecule has 0 N–H and O–H groups in total. The number of ether oxygens (including phenoxy) is 2. The first-order valence-electron chi connectivity index (χ1n) is 6.59. The van der Waals surface area contributed by atoms with Crippen molar-refractivity contribution in [1.29, 1.82) is 0 Å². The molecule has 21 heavy (non-hydrogen) atoms. The molecule has 1 aliphatic rings. The van der Waals surface area contributed by atoms with Crippen molar-refractivity contribution in [1.82, 2.24) is 0 Å². The van der Waals surface area contributed by atoms with Crippen molar-refractivity contribution in [2.24, 2.45) is 5.41 Å². The minimum absolute atomic E-state index is 0.183. The minimum atomic E-state index is -1.38. The number of carbonyl (C=O) groups excluding carboxylic acids is 2. The van der Waals surface area contributed by atoms with E-state index in [1.54, 1.807) is 12.2 Å². The van der Waals surface area contributed by atoms with Crippen LogP contribution >= 0.6 is 0 Å².